The van der Waals surface area contributed by atoms with Crippen molar-refractivity contribution in [3.8, 4) is 5.75 Å². The SMILES string of the molecule is CNCC(=O)c1c(F)cc(OC)cc1Cl. The van der Waals surface area contributed by atoms with Crippen LogP contribution in [0, 0.1) is 5.82 Å². The number of rotatable bonds is 4. The van der Waals surface area contributed by atoms with E-state index in [0.717, 1.165) is 6.07 Å². The van der Waals surface area contributed by atoms with Gasteiger partial charge in [0.25, 0.3) is 0 Å². The van der Waals surface area contributed by atoms with Gasteiger partial charge in [0, 0.05) is 6.07 Å². The Hall–Kier alpha value is -1.13. The number of ether oxygens (including phenoxy) is 1. The number of nitrogens with one attached hydrogen (secondary N) is 1. The Morgan fingerprint density at radius 2 is 2.27 bits per heavy atom. The molecule has 1 rings (SSSR count). The van der Waals surface area contributed by atoms with Crippen LogP contribution in [0.4, 0.5) is 4.39 Å². The molecular formula is C10H11ClFNO2. The first-order chi connectivity index (χ1) is 7.10. The quantitative estimate of drug-likeness (QED) is 0.805. The van der Waals surface area contributed by atoms with Gasteiger partial charge in [-0.2, -0.15) is 0 Å². The topological polar surface area (TPSA) is 38.3 Å². The number of hydrogen-bond donors (Lipinski definition) is 1. The molecule has 0 aliphatic rings. The van der Waals surface area contributed by atoms with Crippen molar-refractivity contribution in [3.63, 3.8) is 0 Å². The molecule has 3 nitrogen and oxygen atoms in total. The summed E-state index contributed by atoms with van der Waals surface area (Å²) in [6, 6.07) is 2.54. The molecule has 0 aliphatic heterocycles. The average Bonchev–Trinajstić information content (AvgIpc) is 2.16. The van der Waals surface area contributed by atoms with Gasteiger partial charge in [-0.1, -0.05) is 11.6 Å². The van der Waals surface area contributed by atoms with E-state index in [1.54, 1.807) is 7.05 Å². The summed E-state index contributed by atoms with van der Waals surface area (Å²) in [6.45, 7) is 0.0446. The highest BCUT2D eigenvalue weighted by Crippen LogP contribution is 2.25. The number of likely N-dealkylation sites (N-methyl/N-ethyl adjacent to an activating group) is 1. The minimum absolute atomic E-state index is 0.0446. The Balaban J connectivity index is 3.13. The van der Waals surface area contributed by atoms with Crippen molar-refractivity contribution in [1.82, 2.24) is 5.32 Å². The van der Waals surface area contributed by atoms with E-state index in [1.807, 2.05) is 0 Å². The molecule has 1 N–H and O–H groups in total. The van der Waals surface area contributed by atoms with Gasteiger partial charge in [-0.15, -0.1) is 0 Å². The monoisotopic (exact) mass is 231 g/mol. The Kier molecular flexibility index (Phi) is 4.05. The van der Waals surface area contributed by atoms with E-state index < -0.39 is 5.82 Å². The maximum absolute atomic E-state index is 13.5. The van der Waals surface area contributed by atoms with E-state index in [-0.39, 0.29) is 22.9 Å². The number of halogens is 2. The van der Waals surface area contributed by atoms with Crippen LogP contribution in [0.15, 0.2) is 12.1 Å². The first-order valence-corrected chi connectivity index (χ1v) is 4.68. The molecule has 0 atom stereocenters. The molecule has 0 saturated carbocycles. The Morgan fingerprint density at radius 3 is 2.73 bits per heavy atom. The van der Waals surface area contributed by atoms with E-state index in [4.69, 9.17) is 16.3 Å². The first kappa shape index (κ1) is 11.9. The van der Waals surface area contributed by atoms with Crippen molar-refractivity contribution in [2.45, 2.75) is 0 Å². The lowest BCUT2D eigenvalue weighted by atomic mass is 10.1. The molecular weight excluding hydrogens is 221 g/mol. The van der Waals surface area contributed by atoms with E-state index in [1.165, 1.54) is 13.2 Å². The highest BCUT2D eigenvalue weighted by atomic mass is 35.5. The van der Waals surface area contributed by atoms with Crippen LogP contribution < -0.4 is 10.1 Å². The molecule has 1 aromatic rings. The maximum atomic E-state index is 13.5. The molecule has 0 unspecified atom stereocenters. The van der Waals surface area contributed by atoms with Gasteiger partial charge in [-0.25, -0.2) is 4.39 Å². The van der Waals surface area contributed by atoms with Crippen LogP contribution in [-0.4, -0.2) is 26.5 Å². The van der Waals surface area contributed by atoms with Crippen molar-refractivity contribution >= 4 is 17.4 Å². The summed E-state index contributed by atoms with van der Waals surface area (Å²) in [5, 5.41) is 2.71. The predicted molar refractivity (Wildman–Crippen MR) is 56.2 cm³/mol. The summed E-state index contributed by atoms with van der Waals surface area (Å²) in [4.78, 5) is 11.5. The van der Waals surface area contributed by atoms with Gasteiger partial charge in [0.05, 0.1) is 24.2 Å². The summed E-state index contributed by atoms with van der Waals surface area (Å²) >= 11 is 5.78. The fourth-order valence-corrected chi connectivity index (χ4v) is 1.49. The molecule has 0 aromatic heterocycles. The van der Waals surface area contributed by atoms with Crippen LogP contribution in [-0.2, 0) is 0 Å². The zero-order valence-corrected chi connectivity index (χ0v) is 9.19. The number of methoxy groups -OCH3 is 1. The zero-order valence-electron chi connectivity index (χ0n) is 8.43. The molecule has 0 bridgehead atoms. The summed E-state index contributed by atoms with van der Waals surface area (Å²) in [7, 11) is 3.01. The van der Waals surface area contributed by atoms with Gasteiger partial charge >= 0.3 is 0 Å². The summed E-state index contributed by atoms with van der Waals surface area (Å²) in [6.07, 6.45) is 0. The third kappa shape index (κ3) is 2.67. The van der Waals surface area contributed by atoms with Gasteiger partial charge < -0.3 is 10.1 Å². The number of benzene rings is 1. The Labute approximate surface area is 92.2 Å². The standard InChI is InChI=1S/C10H11ClFNO2/c1-13-5-9(14)10-7(11)3-6(15-2)4-8(10)12/h3-4,13H,5H2,1-2H3. The fourth-order valence-electron chi connectivity index (χ4n) is 1.18. The second kappa shape index (κ2) is 5.09. The van der Waals surface area contributed by atoms with Crippen molar-refractivity contribution in [2.24, 2.45) is 0 Å². The van der Waals surface area contributed by atoms with E-state index in [9.17, 15) is 9.18 Å². The van der Waals surface area contributed by atoms with Gasteiger partial charge in [-0.3, -0.25) is 4.79 Å². The van der Waals surface area contributed by atoms with Gasteiger partial charge in [-0.05, 0) is 13.1 Å². The van der Waals surface area contributed by atoms with Gasteiger partial charge in [0.2, 0.25) is 0 Å². The summed E-state index contributed by atoms with van der Waals surface area (Å²) < 4.78 is 18.3. The molecule has 0 amide bonds. The molecule has 0 fully saturated rings. The summed E-state index contributed by atoms with van der Waals surface area (Å²) in [5.74, 6) is -0.763. The molecule has 0 aliphatic carbocycles. The zero-order chi connectivity index (χ0) is 11.4. The maximum Gasteiger partial charge on any atom is 0.181 e. The average molecular weight is 232 g/mol. The number of carbonyl (C=O) groups excluding carboxylic acids is 1. The first-order valence-electron chi connectivity index (χ1n) is 4.31. The molecule has 82 valence electrons. The Morgan fingerprint density at radius 1 is 1.60 bits per heavy atom. The number of Topliss-reactive ketones (excluding diaryl/α,β-unsaturated/α-hetero) is 1. The number of hydrogen-bond acceptors (Lipinski definition) is 3. The second-order valence-corrected chi connectivity index (χ2v) is 3.33. The summed E-state index contributed by atoms with van der Waals surface area (Å²) in [5.41, 5.74) is -0.105. The lowest BCUT2D eigenvalue weighted by molar-refractivity contribution is 0.0990. The lowest BCUT2D eigenvalue weighted by Crippen LogP contribution is -2.20. The largest absolute Gasteiger partial charge is 0.497 e. The third-order valence-corrected chi connectivity index (χ3v) is 2.17. The molecule has 0 spiro atoms. The number of carbonyl (C=O) groups is 1. The molecule has 0 saturated heterocycles. The van der Waals surface area contributed by atoms with Gasteiger partial charge in [0.1, 0.15) is 11.6 Å². The van der Waals surface area contributed by atoms with E-state index in [2.05, 4.69) is 5.32 Å². The van der Waals surface area contributed by atoms with Gasteiger partial charge in [0.15, 0.2) is 5.78 Å². The minimum Gasteiger partial charge on any atom is -0.497 e. The van der Waals surface area contributed by atoms with Crippen molar-refractivity contribution in [2.75, 3.05) is 20.7 Å². The van der Waals surface area contributed by atoms with Crippen LogP contribution in [0.2, 0.25) is 5.02 Å². The Bertz CT molecular complexity index is 359. The highest BCUT2D eigenvalue weighted by molar-refractivity contribution is 6.34. The second-order valence-electron chi connectivity index (χ2n) is 2.92. The predicted octanol–water partition coefficient (Wildman–Crippen LogP) is 1.89. The van der Waals surface area contributed by atoms with Crippen LogP contribution in [0.25, 0.3) is 0 Å². The van der Waals surface area contributed by atoms with Crippen molar-refractivity contribution in [3.05, 3.63) is 28.5 Å². The highest BCUT2D eigenvalue weighted by Gasteiger charge is 2.16. The molecule has 0 radical (unpaired) electrons. The minimum atomic E-state index is -0.667. The smallest absolute Gasteiger partial charge is 0.181 e. The van der Waals surface area contributed by atoms with E-state index >= 15 is 0 Å². The van der Waals surface area contributed by atoms with E-state index in [0.29, 0.717) is 5.75 Å². The van der Waals surface area contributed by atoms with Crippen LogP contribution in [0.3, 0.4) is 0 Å². The van der Waals surface area contributed by atoms with Crippen molar-refractivity contribution < 1.29 is 13.9 Å². The molecule has 1 aromatic carbocycles. The molecule has 5 heteroatoms. The lowest BCUT2D eigenvalue weighted by Gasteiger charge is -2.07. The fraction of sp³-hybridized carbons (Fsp3) is 0.300. The molecule has 15 heavy (non-hydrogen) atoms. The number of ketones is 1. The van der Waals surface area contributed by atoms with Crippen molar-refractivity contribution in [1.29, 1.82) is 0 Å². The normalized spacial score (nSPS) is 10.1. The molecule has 0 heterocycles. The third-order valence-electron chi connectivity index (χ3n) is 1.87. The van der Waals surface area contributed by atoms with Crippen LogP contribution >= 0.6 is 11.6 Å². The van der Waals surface area contributed by atoms with Crippen LogP contribution in [0.5, 0.6) is 5.75 Å². The van der Waals surface area contributed by atoms with Crippen LogP contribution in [0.1, 0.15) is 10.4 Å².